The number of carbonyl (C=O) groups excluding carboxylic acids is 2. The first-order valence-electron chi connectivity index (χ1n) is 9.79. The zero-order valence-corrected chi connectivity index (χ0v) is 16.9. The monoisotopic (exact) mass is 422 g/mol. The Morgan fingerprint density at radius 2 is 1.97 bits per heavy atom. The Bertz CT molecular complexity index is 1010. The molecule has 1 fully saturated rings. The first-order valence-corrected chi connectivity index (χ1v) is 9.79. The van der Waals surface area contributed by atoms with Gasteiger partial charge in [0.15, 0.2) is 5.69 Å². The van der Waals surface area contributed by atoms with Crippen LogP contribution < -0.4 is 10.4 Å². The first-order chi connectivity index (χ1) is 15.0. The van der Waals surface area contributed by atoms with E-state index in [0.717, 1.165) is 0 Å². The Labute approximate surface area is 179 Å². The Morgan fingerprint density at radius 1 is 1.19 bits per heavy atom. The number of esters is 1. The highest BCUT2D eigenvalue weighted by atomic mass is 19.1. The molecule has 0 aliphatic carbocycles. The van der Waals surface area contributed by atoms with Crippen LogP contribution >= 0.6 is 0 Å². The number of hydrazone groups is 1. The lowest BCUT2D eigenvalue weighted by atomic mass is 9.91. The maximum Gasteiger partial charge on any atom is 0.356 e. The summed E-state index contributed by atoms with van der Waals surface area (Å²) in [5.74, 6) is -0.576. The highest BCUT2D eigenvalue weighted by molar-refractivity contribution is 6.32. The summed E-state index contributed by atoms with van der Waals surface area (Å²) in [6.07, 6.45) is 3.63. The minimum Gasteiger partial charge on any atom is -0.464 e. The zero-order chi connectivity index (χ0) is 22.0. The van der Waals surface area contributed by atoms with Crippen molar-refractivity contribution in [1.82, 2.24) is 19.9 Å². The molecule has 0 spiro atoms. The Kier molecular flexibility index (Phi) is 5.83. The van der Waals surface area contributed by atoms with E-state index in [9.17, 15) is 14.0 Å². The predicted molar refractivity (Wildman–Crippen MR) is 112 cm³/mol. The minimum absolute atomic E-state index is 0.176. The van der Waals surface area contributed by atoms with Gasteiger partial charge in [0, 0.05) is 45.0 Å². The maximum absolute atomic E-state index is 13.8. The van der Waals surface area contributed by atoms with Crippen LogP contribution in [0.3, 0.4) is 0 Å². The van der Waals surface area contributed by atoms with Gasteiger partial charge >= 0.3 is 12.0 Å². The molecule has 1 aromatic carbocycles. The average Bonchev–Trinajstić information content (AvgIpc) is 3.27. The Morgan fingerprint density at radius 3 is 2.68 bits per heavy atom. The quantitative estimate of drug-likeness (QED) is 0.539. The summed E-state index contributed by atoms with van der Waals surface area (Å²) in [4.78, 5) is 36.8. The maximum atomic E-state index is 13.8. The van der Waals surface area contributed by atoms with Gasteiger partial charge in [-0.05, 0) is 23.8 Å². The smallest absolute Gasteiger partial charge is 0.356 e. The number of aromatic nitrogens is 2. The summed E-state index contributed by atoms with van der Waals surface area (Å²) in [6, 6.07) is 5.10. The normalized spacial score (nSPS) is 18.4. The molecule has 1 aromatic heterocycles. The van der Waals surface area contributed by atoms with Crippen molar-refractivity contribution in [2.24, 2.45) is 5.10 Å². The van der Waals surface area contributed by atoms with Crippen molar-refractivity contribution in [2.45, 2.75) is 12.5 Å². The lowest BCUT2D eigenvalue weighted by molar-refractivity contribution is 0.0594. The molecule has 1 unspecified atom stereocenters. The SMILES string of the molecule is [B]c1cc(F)cc(C2CC=NN2C(=O)N2CCN(c3nccc(C(=O)OC)n3)CC2)c1. The molecule has 2 aromatic rings. The predicted octanol–water partition coefficient (Wildman–Crippen LogP) is 0.871. The summed E-state index contributed by atoms with van der Waals surface area (Å²) in [7, 11) is 7.05. The van der Waals surface area contributed by atoms with E-state index < -0.39 is 17.8 Å². The number of nitrogens with zero attached hydrogens (tertiary/aromatic N) is 6. The van der Waals surface area contributed by atoms with Crippen molar-refractivity contribution in [2.75, 3.05) is 38.2 Å². The van der Waals surface area contributed by atoms with Crippen LogP contribution in [-0.4, -0.2) is 79.2 Å². The van der Waals surface area contributed by atoms with Gasteiger partial charge < -0.3 is 14.5 Å². The fourth-order valence-corrected chi connectivity index (χ4v) is 3.67. The Balaban J connectivity index is 1.42. The summed E-state index contributed by atoms with van der Waals surface area (Å²) >= 11 is 0. The number of urea groups is 1. The summed E-state index contributed by atoms with van der Waals surface area (Å²) < 4.78 is 18.5. The van der Waals surface area contributed by atoms with Gasteiger partial charge in [-0.25, -0.2) is 29.0 Å². The van der Waals surface area contributed by atoms with Crippen LogP contribution in [0, 0.1) is 5.82 Å². The van der Waals surface area contributed by atoms with Crippen LogP contribution in [0.2, 0.25) is 0 Å². The number of anilines is 1. The van der Waals surface area contributed by atoms with Gasteiger partial charge in [0.25, 0.3) is 0 Å². The van der Waals surface area contributed by atoms with Crippen LogP contribution in [0.25, 0.3) is 0 Å². The first kappa shape index (κ1) is 20.8. The number of hydrogen-bond donors (Lipinski definition) is 0. The summed E-state index contributed by atoms with van der Waals surface area (Å²) in [5.41, 5.74) is 1.08. The molecular weight excluding hydrogens is 402 g/mol. The van der Waals surface area contributed by atoms with Crippen LogP contribution in [-0.2, 0) is 4.74 Å². The fraction of sp³-hybridized carbons (Fsp3) is 0.350. The molecule has 11 heteroatoms. The second kappa shape index (κ2) is 8.70. The summed E-state index contributed by atoms with van der Waals surface area (Å²) in [6.45, 7) is 1.83. The van der Waals surface area contributed by atoms with E-state index in [2.05, 4.69) is 15.1 Å². The molecule has 31 heavy (non-hydrogen) atoms. The second-order valence-corrected chi connectivity index (χ2v) is 7.20. The molecule has 1 atom stereocenters. The molecule has 2 radical (unpaired) electrons. The van der Waals surface area contributed by atoms with Gasteiger partial charge in [-0.2, -0.15) is 5.10 Å². The fourth-order valence-electron chi connectivity index (χ4n) is 3.67. The molecule has 0 bridgehead atoms. The van der Waals surface area contributed by atoms with Crippen molar-refractivity contribution in [1.29, 1.82) is 0 Å². The van der Waals surface area contributed by atoms with Crippen LogP contribution in [0.5, 0.6) is 0 Å². The van der Waals surface area contributed by atoms with Crippen molar-refractivity contribution in [3.05, 3.63) is 47.5 Å². The third-order valence-electron chi connectivity index (χ3n) is 5.22. The lowest BCUT2D eigenvalue weighted by Gasteiger charge is -2.37. The number of carbonyl (C=O) groups is 2. The standard InChI is InChI=1S/C20H20BFN6O3/c1-31-18(29)16-2-4-23-19(25-16)26-6-8-27(9-7-26)20(30)28-17(3-5-24-28)13-10-14(21)12-15(22)11-13/h2,4-5,10-12,17H,3,6-9H2,1H3. The minimum atomic E-state index is -0.534. The molecule has 0 N–H and O–H groups in total. The van der Waals surface area contributed by atoms with E-state index >= 15 is 0 Å². The van der Waals surface area contributed by atoms with Crippen molar-refractivity contribution in [3.8, 4) is 0 Å². The van der Waals surface area contributed by atoms with Crippen LogP contribution in [0.4, 0.5) is 15.1 Å². The van der Waals surface area contributed by atoms with Crippen molar-refractivity contribution >= 4 is 37.5 Å². The molecule has 2 aliphatic rings. The average molecular weight is 422 g/mol. The highest BCUT2D eigenvalue weighted by Crippen LogP contribution is 2.29. The molecular formula is C20H20BFN6O3. The zero-order valence-electron chi connectivity index (χ0n) is 16.9. The van der Waals surface area contributed by atoms with E-state index in [1.807, 2.05) is 4.90 Å². The molecule has 0 saturated carbocycles. The third kappa shape index (κ3) is 4.35. The van der Waals surface area contributed by atoms with E-state index in [1.54, 1.807) is 17.2 Å². The van der Waals surface area contributed by atoms with Crippen molar-refractivity contribution < 1.29 is 18.7 Å². The Hall–Kier alpha value is -3.50. The van der Waals surface area contributed by atoms with E-state index in [4.69, 9.17) is 12.6 Å². The van der Waals surface area contributed by atoms with E-state index in [-0.39, 0.29) is 11.7 Å². The largest absolute Gasteiger partial charge is 0.464 e. The van der Waals surface area contributed by atoms with E-state index in [1.165, 1.54) is 36.5 Å². The molecule has 3 heterocycles. The number of ether oxygens (including phenoxy) is 1. The molecule has 4 rings (SSSR count). The number of halogens is 1. The molecule has 9 nitrogen and oxygen atoms in total. The summed E-state index contributed by atoms with van der Waals surface area (Å²) in [5, 5.41) is 5.58. The number of methoxy groups -OCH3 is 1. The van der Waals surface area contributed by atoms with Crippen LogP contribution in [0.15, 0.2) is 35.6 Å². The molecule has 2 aliphatic heterocycles. The second-order valence-electron chi connectivity index (χ2n) is 7.20. The van der Waals surface area contributed by atoms with Gasteiger partial charge in [0.1, 0.15) is 13.7 Å². The van der Waals surface area contributed by atoms with Gasteiger partial charge in [-0.15, -0.1) is 0 Å². The lowest BCUT2D eigenvalue weighted by Crippen LogP contribution is -2.52. The van der Waals surface area contributed by atoms with E-state index in [0.29, 0.717) is 49.6 Å². The number of rotatable bonds is 3. The molecule has 2 amide bonds. The molecule has 158 valence electrons. The molecule has 1 saturated heterocycles. The highest BCUT2D eigenvalue weighted by Gasteiger charge is 2.33. The third-order valence-corrected chi connectivity index (χ3v) is 5.22. The van der Waals surface area contributed by atoms with Crippen LogP contribution in [0.1, 0.15) is 28.5 Å². The number of piperazine rings is 1. The van der Waals surface area contributed by atoms with Gasteiger partial charge in [0.05, 0.1) is 13.2 Å². The number of amides is 2. The van der Waals surface area contributed by atoms with Gasteiger partial charge in [-0.3, -0.25) is 0 Å². The number of benzene rings is 1. The van der Waals surface area contributed by atoms with Gasteiger partial charge in [-0.1, -0.05) is 11.5 Å². The van der Waals surface area contributed by atoms with Gasteiger partial charge in [0.2, 0.25) is 5.95 Å². The van der Waals surface area contributed by atoms with Crippen molar-refractivity contribution in [3.63, 3.8) is 0 Å². The topological polar surface area (TPSA) is 91.2 Å². The number of hydrogen-bond acceptors (Lipinski definition) is 7.